The number of benzene rings is 5. The number of nitrogens with two attached hydrogens (primary N) is 1. The number of allylic oxidation sites excluding steroid dienone is 1. The summed E-state index contributed by atoms with van der Waals surface area (Å²) in [6.07, 6.45) is 12.8. The quantitative estimate of drug-likeness (QED) is 0.00697. The monoisotopic (exact) mass is 1340 g/mol. The van der Waals surface area contributed by atoms with Crippen molar-refractivity contribution in [2.24, 2.45) is 17.1 Å². The fourth-order valence-electron chi connectivity index (χ4n) is 12.4. The van der Waals surface area contributed by atoms with E-state index >= 15 is 0 Å². The Labute approximate surface area is 540 Å². The number of phosphoric acid groups is 2. The minimum absolute atomic E-state index is 0.0933. The number of primary amides is 1. The number of Topliss-reactive ketones (excluding diaryl/α,β-unsaturated/α-hetero) is 2. The van der Waals surface area contributed by atoms with Crippen molar-refractivity contribution >= 4 is 137 Å². The predicted molar refractivity (Wildman–Crippen MR) is 350 cm³/mol. The minimum Gasteiger partial charge on any atom is -0.404 e. The zero-order chi connectivity index (χ0) is 66.1. The zero-order valence-corrected chi connectivity index (χ0v) is 53.4. The molecule has 5 aromatic carbocycles. The Morgan fingerprint density at radius 3 is 1.78 bits per heavy atom. The van der Waals surface area contributed by atoms with E-state index < -0.39 is 56.6 Å². The van der Waals surface area contributed by atoms with E-state index in [2.05, 4.69) is 22.5 Å². The van der Waals surface area contributed by atoms with Gasteiger partial charge < -0.3 is 45.4 Å². The zero-order valence-electron chi connectivity index (χ0n) is 50.1. The first-order chi connectivity index (χ1) is 43.9. The highest BCUT2D eigenvalue weighted by Gasteiger charge is 2.50. The SMILES string of the molecule is C=C1C=CC(=O)N1CCCCCCC(=O)C1(C(=O)C[C@H](CCCNC(N)=O)C(=O)NCCC(=O)Nc2cc(/C=C/C(=O)N3C[C@@H](CCl)c4c3cc(OP(=O)(O)O)c3ccccc43)ccc2/C=C/C(=O)N2C[C@@H](CCl)c3c2cc(OP(=O)(O)O)c2ccccc32)CCC1. The summed E-state index contributed by atoms with van der Waals surface area (Å²) >= 11 is 13.0. The molecule has 92 heavy (non-hydrogen) atoms. The maximum absolute atomic E-state index is 14.3. The highest BCUT2D eigenvalue weighted by Crippen LogP contribution is 2.51. The van der Waals surface area contributed by atoms with Gasteiger partial charge in [-0.2, -0.15) is 0 Å². The van der Waals surface area contributed by atoms with Gasteiger partial charge in [-0.05, 0) is 95.8 Å². The number of unbranched alkanes of at least 4 members (excludes halogenated alkanes) is 3. The lowest BCUT2D eigenvalue weighted by molar-refractivity contribution is -0.149. The molecule has 486 valence electrons. The number of amides is 7. The first-order valence-electron chi connectivity index (χ1n) is 30.1. The average Bonchev–Trinajstić information content (AvgIpc) is 1.53. The van der Waals surface area contributed by atoms with Crippen molar-refractivity contribution < 1.29 is 76.1 Å². The van der Waals surface area contributed by atoms with Gasteiger partial charge in [0, 0.05) is 134 Å². The van der Waals surface area contributed by atoms with Crippen molar-refractivity contribution in [3.63, 3.8) is 0 Å². The largest absolute Gasteiger partial charge is 0.524 e. The predicted octanol–water partition coefficient (Wildman–Crippen LogP) is 9.77. The topological polar surface area (TPSA) is 342 Å². The van der Waals surface area contributed by atoms with E-state index in [-0.39, 0.29) is 117 Å². The van der Waals surface area contributed by atoms with E-state index in [4.69, 9.17) is 38.0 Å². The first-order valence-corrected chi connectivity index (χ1v) is 34.2. The Morgan fingerprint density at radius 1 is 0.696 bits per heavy atom. The molecule has 27 heteroatoms. The van der Waals surface area contributed by atoms with E-state index in [0.29, 0.717) is 99.5 Å². The maximum Gasteiger partial charge on any atom is 0.524 e. The van der Waals surface area contributed by atoms with Gasteiger partial charge in [0.25, 0.3) is 17.7 Å². The molecule has 1 saturated carbocycles. The molecule has 0 spiro atoms. The van der Waals surface area contributed by atoms with Crippen LogP contribution in [0.5, 0.6) is 11.5 Å². The third-order valence-electron chi connectivity index (χ3n) is 17.1. The summed E-state index contributed by atoms with van der Waals surface area (Å²) in [7, 11) is -10.1. The third-order valence-corrected chi connectivity index (χ3v) is 18.7. The van der Waals surface area contributed by atoms with Crippen molar-refractivity contribution in [3.05, 3.63) is 138 Å². The Balaban J connectivity index is 0.923. The highest BCUT2D eigenvalue weighted by molar-refractivity contribution is 7.47. The number of rotatable bonds is 30. The normalized spacial score (nSPS) is 17.1. The van der Waals surface area contributed by atoms with Crippen molar-refractivity contribution in [2.75, 3.05) is 59.6 Å². The summed E-state index contributed by atoms with van der Waals surface area (Å²) in [5, 5.41) is 10.1. The van der Waals surface area contributed by atoms with Gasteiger partial charge in [0.1, 0.15) is 23.1 Å². The molecule has 0 saturated heterocycles. The van der Waals surface area contributed by atoms with E-state index in [1.807, 2.05) is 0 Å². The Hall–Kier alpha value is -7.98. The number of nitrogens with zero attached hydrogens (tertiary/aromatic N) is 3. The number of phosphoric ester groups is 2. The van der Waals surface area contributed by atoms with Crippen LogP contribution < -0.4 is 40.5 Å². The van der Waals surface area contributed by atoms with Crippen molar-refractivity contribution in [1.29, 1.82) is 0 Å². The van der Waals surface area contributed by atoms with Crippen LogP contribution in [-0.2, 0) is 42.7 Å². The molecule has 1 fully saturated rings. The fourth-order valence-corrected chi connectivity index (χ4v) is 13.8. The minimum atomic E-state index is -5.06. The fraction of sp³-hybridized carbons (Fsp3) is 0.354. The van der Waals surface area contributed by atoms with E-state index in [9.17, 15) is 67.1 Å². The van der Waals surface area contributed by atoms with Gasteiger partial charge in [0.2, 0.25) is 11.8 Å². The summed E-state index contributed by atoms with van der Waals surface area (Å²) in [5.74, 6) is -4.66. The van der Waals surface area contributed by atoms with E-state index in [1.165, 1.54) is 52.3 Å². The number of alkyl halides is 2. The molecule has 0 unspecified atom stereocenters. The lowest BCUT2D eigenvalue weighted by Crippen LogP contribution is -2.47. The molecule has 3 aliphatic heterocycles. The Morgan fingerprint density at radius 2 is 1.26 bits per heavy atom. The Bertz CT molecular complexity index is 3940. The lowest BCUT2D eigenvalue weighted by atomic mass is 9.61. The van der Waals surface area contributed by atoms with Crippen LogP contribution in [0.25, 0.3) is 33.7 Å². The molecule has 3 heterocycles. The van der Waals surface area contributed by atoms with Crippen LogP contribution in [0.15, 0.2) is 115 Å². The number of halogens is 2. The molecule has 0 aromatic heterocycles. The molecular weight excluding hydrogens is 1270 g/mol. The second kappa shape index (κ2) is 29.7. The highest BCUT2D eigenvalue weighted by atomic mass is 35.5. The molecule has 4 aliphatic rings. The molecular formula is C65H71Cl2N7O16P2. The molecule has 9 rings (SSSR count). The van der Waals surface area contributed by atoms with Crippen molar-refractivity contribution in [3.8, 4) is 11.5 Å². The van der Waals surface area contributed by atoms with Gasteiger partial charge >= 0.3 is 21.7 Å². The summed E-state index contributed by atoms with van der Waals surface area (Å²) < 4.78 is 34.4. The van der Waals surface area contributed by atoms with Crippen LogP contribution in [0, 0.1) is 11.3 Å². The number of fused-ring (bicyclic) bond motifs is 6. The number of nitrogens with one attached hydrogen (secondary N) is 3. The van der Waals surface area contributed by atoms with Crippen molar-refractivity contribution in [1.82, 2.24) is 15.5 Å². The number of carbonyl (C=O) groups excluding carboxylic acids is 8. The van der Waals surface area contributed by atoms with Gasteiger partial charge in [-0.3, -0.25) is 53.1 Å². The number of carbonyl (C=O) groups is 8. The van der Waals surface area contributed by atoms with Crippen LogP contribution >= 0.6 is 38.8 Å². The molecule has 0 radical (unpaired) electrons. The second-order valence-corrected chi connectivity index (χ2v) is 26.1. The molecule has 3 atom stereocenters. The van der Waals surface area contributed by atoms with Gasteiger partial charge in [-0.15, -0.1) is 23.2 Å². The number of anilines is 3. The molecule has 0 bridgehead atoms. The second-order valence-electron chi connectivity index (χ2n) is 23.2. The number of urea groups is 1. The average molecular weight is 1340 g/mol. The molecule has 9 N–H and O–H groups in total. The van der Waals surface area contributed by atoms with Crippen molar-refractivity contribution in [2.45, 2.75) is 88.9 Å². The Kier molecular flexibility index (Phi) is 22.1. The number of hydrogen-bond donors (Lipinski definition) is 8. The van der Waals surface area contributed by atoms with Gasteiger partial charge in [-0.1, -0.05) is 86.5 Å². The maximum atomic E-state index is 14.3. The van der Waals surface area contributed by atoms with Gasteiger partial charge in [0.15, 0.2) is 0 Å². The summed E-state index contributed by atoms with van der Waals surface area (Å²) in [5.41, 5.74) is 7.57. The van der Waals surface area contributed by atoms with Crippen LogP contribution in [0.2, 0.25) is 0 Å². The molecule has 5 aromatic rings. The summed E-state index contributed by atoms with van der Waals surface area (Å²) in [4.78, 5) is 152. The van der Waals surface area contributed by atoms with Crippen LogP contribution in [0.4, 0.5) is 21.9 Å². The molecule has 1 aliphatic carbocycles. The van der Waals surface area contributed by atoms with Gasteiger partial charge in [-0.25, -0.2) is 13.9 Å². The number of ketones is 2. The third kappa shape index (κ3) is 16.3. The smallest absolute Gasteiger partial charge is 0.404 e. The van der Waals surface area contributed by atoms with E-state index in [1.54, 1.807) is 77.7 Å². The summed E-state index contributed by atoms with van der Waals surface area (Å²) in [6.45, 7) is 4.52. The van der Waals surface area contributed by atoms with Gasteiger partial charge in [0.05, 0.1) is 16.8 Å². The van der Waals surface area contributed by atoms with Crippen LogP contribution in [0.1, 0.15) is 111 Å². The van der Waals surface area contributed by atoms with Crippen LogP contribution in [0.3, 0.4) is 0 Å². The van der Waals surface area contributed by atoms with Crippen LogP contribution in [-0.4, -0.2) is 116 Å². The summed E-state index contributed by atoms with van der Waals surface area (Å²) in [6, 6.07) is 20.4. The standard InChI is InChI=1S/C65H71Cl2N7O16P2/c1-40-18-23-58(78)72(40)31-9-3-2-4-17-55(75)65(27-11-28-65)56(76)33-43(12-10-29-70-64(68)82)63(81)69-30-26-57(77)71-50-32-41(20-24-59(79)73-38-44(36-66)61-48-15-7-5-13-46(48)53(34-51(61)73)89-91(83,84)85)19-21-42(50)22-25-60(80)74-39-45(37-67)62-49-16-8-6-14-47(49)54(35-52(62)74)90-92(86,87)88/h5-8,13-16,18-25,32,34-35,43-45H,1-4,9-12,17,26-31,33,36-39H2,(H,69,81)(H,71,77)(H3,68,70,82)(H2,83,84,85)(H2,86,87,88)/b24-20+,25-22+/t43-,44+,45+/m0/s1. The molecule has 23 nitrogen and oxygen atoms in total. The lowest BCUT2D eigenvalue weighted by Gasteiger charge is -2.39. The first kappa shape index (κ1) is 68.4. The van der Waals surface area contributed by atoms with E-state index in [0.717, 1.165) is 12.8 Å². The molecule has 7 amide bonds. The number of hydrogen-bond acceptors (Lipinski definition) is 12.